The molecule has 0 bridgehead atoms. The molecule has 0 radical (unpaired) electrons. The van der Waals surface area contributed by atoms with Crippen molar-refractivity contribution >= 4 is 33.8 Å². The molecule has 3 aromatic rings. The molecule has 3 rings (SSSR count). The predicted octanol–water partition coefficient (Wildman–Crippen LogP) is 5.70. The van der Waals surface area contributed by atoms with Gasteiger partial charge in [-0.25, -0.2) is 0 Å². The van der Waals surface area contributed by atoms with Crippen LogP contribution in [0.25, 0.3) is 17.4 Å². The summed E-state index contributed by atoms with van der Waals surface area (Å²) < 4.78 is 6.88. The van der Waals surface area contributed by atoms with Crippen molar-refractivity contribution in [2.24, 2.45) is 0 Å². The van der Waals surface area contributed by atoms with Crippen molar-refractivity contribution < 1.29 is 14.0 Å². The van der Waals surface area contributed by atoms with Crippen LogP contribution in [0.1, 0.15) is 41.4 Å². The lowest BCUT2D eigenvalue weighted by atomic mass is 10.1. The lowest BCUT2D eigenvalue weighted by molar-refractivity contribution is -0.117. The summed E-state index contributed by atoms with van der Waals surface area (Å²) in [6.45, 7) is 4.54. The summed E-state index contributed by atoms with van der Waals surface area (Å²) in [6, 6.07) is 18.5. The molecule has 0 unspecified atom stereocenters. The molecule has 0 aliphatic heterocycles. The van der Waals surface area contributed by atoms with E-state index in [1.807, 2.05) is 49.4 Å². The number of nitrogens with one attached hydrogen (secondary N) is 2. The molecule has 0 fully saturated rings. The van der Waals surface area contributed by atoms with E-state index in [2.05, 4.69) is 33.5 Å². The number of benzene rings is 2. The van der Waals surface area contributed by atoms with Gasteiger partial charge >= 0.3 is 0 Å². The van der Waals surface area contributed by atoms with Gasteiger partial charge in [-0.3, -0.25) is 9.59 Å². The number of aryl methyl sites for hydroxylation is 1. The van der Waals surface area contributed by atoms with E-state index in [4.69, 9.17) is 4.42 Å². The highest BCUT2D eigenvalue weighted by atomic mass is 79.9. The van der Waals surface area contributed by atoms with Crippen LogP contribution in [0.15, 0.2) is 75.3 Å². The standard InChI is InChI=1S/C25H25BrN2O3/c1-3-4-15-27-25(30)22(28-24(29)19-7-5-17(2)6-8-19)16-21-13-14-23(31-21)18-9-11-20(26)12-10-18/h5-14,16H,3-4,15H2,1-2H3,(H,27,30)(H,28,29). The van der Waals surface area contributed by atoms with Crippen molar-refractivity contribution in [1.29, 1.82) is 0 Å². The first-order valence-electron chi connectivity index (χ1n) is 10.2. The lowest BCUT2D eigenvalue weighted by Crippen LogP contribution is -2.35. The van der Waals surface area contributed by atoms with Crippen LogP contribution in [0.3, 0.4) is 0 Å². The summed E-state index contributed by atoms with van der Waals surface area (Å²) in [5.74, 6) is 0.448. The summed E-state index contributed by atoms with van der Waals surface area (Å²) in [5, 5.41) is 5.57. The zero-order valence-electron chi connectivity index (χ0n) is 17.6. The lowest BCUT2D eigenvalue weighted by Gasteiger charge is -2.10. The highest BCUT2D eigenvalue weighted by Gasteiger charge is 2.15. The first-order valence-corrected chi connectivity index (χ1v) is 11.0. The summed E-state index contributed by atoms with van der Waals surface area (Å²) >= 11 is 3.42. The molecule has 0 spiro atoms. The Bertz CT molecular complexity index is 1070. The van der Waals surface area contributed by atoms with Crippen LogP contribution in [0.2, 0.25) is 0 Å². The second kappa shape index (κ2) is 10.8. The SMILES string of the molecule is CCCCNC(=O)C(=Cc1ccc(-c2ccc(Br)cc2)o1)NC(=O)c1ccc(C)cc1. The number of hydrogen-bond donors (Lipinski definition) is 2. The van der Waals surface area contributed by atoms with Gasteiger partial charge < -0.3 is 15.1 Å². The molecule has 160 valence electrons. The first-order chi connectivity index (χ1) is 15.0. The van der Waals surface area contributed by atoms with Gasteiger partial charge in [0, 0.05) is 28.2 Å². The third-order valence-electron chi connectivity index (χ3n) is 4.66. The van der Waals surface area contributed by atoms with Crippen LogP contribution < -0.4 is 10.6 Å². The van der Waals surface area contributed by atoms with E-state index in [0.717, 1.165) is 28.4 Å². The Balaban J connectivity index is 1.83. The molecule has 2 N–H and O–H groups in total. The van der Waals surface area contributed by atoms with Crippen LogP contribution in [0, 0.1) is 6.92 Å². The first kappa shape index (κ1) is 22.6. The summed E-state index contributed by atoms with van der Waals surface area (Å²) in [4.78, 5) is 25.4. The maximum absolute atomic E-state index is 12.7. The quantitative estimate of drug-likeness (QED) is 0.320. The van der Waals surface area contributed by atoms with Crippen LogP contribution in [0.5, 0.6) is 0 Å². The van der Waals surface area contributed by atoms with Crippen molar-refractivity contribution in [1.82, 2.24) is 10.6 Å². The molecule has 0 aliphatic rings. The normalized spacial score (nSPS) is 11.3. The number of hydrogen-bond acceptors (Lipinski definition) is 3. The van der Waals surface area contributed by atoms with E-state index in [-0.39, 0.29) is 17.5 Å². The molecule has 6 heteroatoms. The summed E-state index contributed by atoms with van der Waals surface area (Å²) in [6.07, 6.45) is 3.37. The van der Waals surface area contributed by atoms with Crippen LogP contribution in [0.4, 0.5) is 0 Å². The molecule has 1 heterocycles. The average molecular weight is 481 g/mol. The third kappa shape index (κ3) is 6.43. The van der Waals surface area contributed by atoms with E-state index in [1.165, 1.54) is 0 Å². The van der Waals surface area contributed by atoms with Crippen molar-refractivity contribution in [3.63, 3.8) is 0 Å². The Morgan fingerprint density at radius 1 is 1.00 bits per heavy atom. The van der Waals surface area contributed by atoms with E-state index in [0.29, 0.717) is 23.6 Å². The molecule has 31 heavy (non-hydrogen) atoms. The number of halogens is 1. The number of carbonyl (C=O) groups excluding carboxylic acids is 2. The molecule has 5 nitrogen and oxygen atoms in total. The molecule has 0 saturated carbocycles. The Morgan fingerprint density at radius 3 is 2.39 bits per heavy atom. The molecule has 0 saturated heterocycles. The fraction of sp³-hybridized carbons (Fsp3) is 0.200. The number of carbonyl (C=O) groups is 2. The van der Waals surface area contributed by atoms with E-state index >= 15 is 0 Å². The van der Waals surface area contributed by atoms with E-state index in [1.54, 1.807) is 24.3 Å². The fourth-order valence-electron chi connectivity index (χ4n) is 2.87. The Labute approximate surface area is 190 Å². The smallest absolute Gasteiger partial charge is 0.267 e. The molecule has 1 aromatic heterocycles. The van der Waals surface area contributed by atoms with Gasteiger partial charge in [0.25, 0.3) is 11.8 Å². The monoisotopic (exact) mass is 480 g/mol. The van der Waals surface area contributed by atoms with Crippen LogP contribution in [-0.2, 0) is 4.79 Å². The Kier molecular flexibility index (Phi) is 7.84. The molecular weight excluding hydrogens is 456 g/mol. The minimum atomic E-state index is -0.351. The van der Waals surface area contributed by atoms with E-state index < -0.39 is 0 Å². The van der Waals surface area contributed by atoms with Gasteiger partial charge in [0.05, 0.1) is 0 Å². The highest BCUT2D eigenvalue weighted by Crippen LogP contribution is 2.25. The Morgan fingerprint density at radius 2 is 1.71 bits per heavy atom. The number of unbranched alkanes of at least 4 members (excludes halogenated alkanes) is 1. The molecule has 2 aromatic carbocycles. The molecule has 0 atom stereocenters. The molecule has 2 amide bonds. The van der Waals surface area contributed by atoms with Gasteiger partial charge in [-0.2, -0.15) is 0 Å². The predicted molar refractivity (Wildman–Crippen MR) is 126 cm³/mol. The number of rotatable bonds is 8. The molecular formula is C25H25BrN2O3. The van der Waals surface area contributed by atoms with Gasteiger partial charge in [-0.1, -0.05) is 59.1 Å². The van der Waals surface area contributed by atoms with Gasteiger partial charge in [-0.05, 0) is 49.7 Å². The van der Waals surface area contributed by atoms with Gasteiger partial charge in [0.1, 0.15) is 17.2 Å². The third-order valence-corrected chi connectivity index (χ3v) is 5.19. The van der Waals surface area contributed by atoms with Crippen molar-refractivity contribution in [2.45, 2.75) is 26.7 Å². The topological polar surface area (TPSA) is 71.3 Å². The van der Waals surface area contributed by atoms with Crippen molar-refractivity contribution in [3.05, 3.63) is 87.7 Å². The minimum Gasteiger partial charge on any atom is -0.457 e. The van der Waals surface area contributed by atoms with Gasteiger partial charge in [0.2, 0.25) is 0 Å². The number of amides is 2. The fourth-order valence-corrected chi connectivity index (χ4v) is 3.14. The van der Waals surface area contributed by atoms with Crippen molar-refractivity contribution in [3.8, 4) is 11.3 Å². The van der Waals surface area contributed by atoms with Crippen molar-refractivity contribution in [2.75, 3.05) is 6.54 Å². The Hall–Kier alpha value is -3.12. The van der Waals surface area contributed by atoms with E-state index in [9.17, 15) is 9.59 Å². The van der Waals surface area contributed by atoms with Crippen LogP contribution in [-0.4, -0.2) is 18.4 Å². The van der Waals surface area contributed by atoms with Crippen LogP contribution >= 0.6 is 15.9 Å². The minimum absolute atomic E-state index is 0.137. The second-order valence-electron chi connectivity index (χ2n) is 7.20. The number of furan rings is 1. The second-order valence-corrected chi connectivity index (χ2v) is 8.11. The maximum Gasteiger partial charge on any atom is 0.267 e. The average Bonchev–Trinajstić information content (AvgIpc) is 3.23. The zero-order chi connectivity index (χ0) is 22.2. The van der Waals surface area contributed by atoms with Gasteiger partial charge in [-0.15, -0.1) is 0 Å². The van der Waals surface area contributed by atoms with Gasteiger partial charge in [0.15, 0.2) is 0 Å². The zero-order valence-corrected chi connectivity index (χ0v) is 19.2. The maximum atomic E-state index is 12.7. The highest BCUT2D eigenvalue weighted by molar-refractivity contribution is 9.10. The summed E-state index contributed by atoms with van der Waals surface area (Å²) in [5.41, 5.74) is 2.59. The molecule has 0 aliphatic carbocycles. The summed E-state index contributed by atoms with van der Waals surface area (Å²) in [7, 11) is 0. The largest absolute Gasteiger partial charge is 0.457 e.